The van der Waals surface area contributed by atoms with Gasteiger partial charge in [-0.3, -0.25) is 0 Å². The fraction of sp³-hybridized carbons (Fsp3) is 0.889. The second kappa shape index (κ2) is 5.39. The van der Waals surface area contributed by atoms with Crippen LogP contribution in [0.3, 0.4) is 0 Å². The van der Waals surface area contributed by atoms with Crippen LogP contribution in [0.2, 0.25) is 0 Å². The molecule has 1 fully saturated rings. The normalized spacial score (nSPS) is 41.1. The monoisotopic (exact) mass is 217 g/mol. The van der Waals surface area contributed by atoms with Crippen molar-refractivity contribution in [1.82, 2.24) is 0 Å². The zero-order chi connectivity index (χ0) is 11.4. The molecule has 0 spiro atoms. The van der Waals surface area contributed by atoms with E-state index in [0.29, 0.717) is 0 Å². The number of rotatable bonds is 3. The van der Waals surface area contributed by atoms with Crippen molar-refractivity contribution < 1.29 is 25.2 Å². The second-order valence-corrected chi connectivity index (χ2v) is 3.56. The quantitative estimate of drug-likeness (QED) is 0.440. The molecule has 1 heterocycles. The Bertz CT molecular complexity index is 239. The van der Waals surface area contributed by atoms with Crippen LogP contribution >= 0.6 is 0 Å². The summed E-state index contributed by atoms with van der Waals surface area (Å²) in [5.41, 5.74) is 0. The standard InChI is InChI=1S/C9H15NO5/c10-3-1-2-5-7(12)9(14)8(13)6(4-11)15-5/h5-9,11-14H,1-2,4H2/t5-,6-,7-,8-,9-/m1/s1. The highest BCUT2D eigenvalue weighted by atomic mass is 16.5. The number of aliphatic hydroxyl groups is 4. The van der Waals surface area contributed by atoms with Crippen LogP contribution in [0.4, 0.5) is 0 Å². The van der Waals surface area contributed by atoms with Crippen molar-refractivity contribution >= 4 is 0 Å². The smallest absolute Gasteiger partial charge is 0.111 e. The minimum atomic E-state index is -1.35. The molecule has 0 aromatic carbocycles. The van der Waals surface area contributed by atoms with E-state index in [1.54, 1.807) is 0 Å². The van der Waals surface area contributed by atoms with Crippen molar-refractivity contribution in [3.63, 3.8) is 0 Å². The van der Waals surface area contributed by atoms with Crippen LogP contribution in [-0.4, -0.2) is 57.6 Å². The van der Waals surface area contributed by atoms with E-state index in [1.807, 2.05) is 6.07 Å². The molecule has 6 heteroatoms. The van der Waals surface area contributed by atoms with E-state index in [2.05, 4.69) is 0 Å². The predicted octanol–water partition coefficient (Wildman–Crippen LogP) is -1.87. The highest BCUT2D eigenvalue weighted by molar-refractivity contribution is 4.92. The van der Waals surface area contributed by atoms with Gasteiger partial charge in [0.25, 0.3) is 0 Å². The number of ether oxygens (including phenoxy) is 1. The maximum Gasteiger partial charge on any atom is 0.111 e. The maximum atomic E-state index is 9.52. The summed E-state index contributed by atoms with van der Waals surface area (Å²) >= 11 is 0. The van der Waals surface area contributed by atoms with Crippen LogP contribution in [0.1, 0.15) is 12.8 Å². The lowest BCUT2D eigenvalue weighted by atomic mass is 9.93. The van der Waals surface area contributed by atoms with Gasteiger partial charge in [-0.1, -0.05) is 0 Å². The van der Waals surface area contributed by atoms with Crippen LogP contribution in [0.25, 0.3) is 0 Å². The zero-order valence-electron chi connectivity index (χ0n) is 8.15. The zero-order valence-corrected chi connectivity index (χ0v) is 8.15. The maximum absolute atomic E-state index is 9.52. The van der Waals surface area contributed by atoms with Crippen molar-refractivity contribution in [2.75, 3.05) is 6.61 Å². The Labute approximate surface area is 87.3 Å². The van der Waals surface area contributed by atoms with E-state index < -0.39 is 37.1 Å². The molecule has 0 aliphatic carbocycles. The van der Waals surface area contributed by atoms with Crippen LogP contribution < -0.4 is 0 Å². The summed E-state index contributed by atoms with van der Waals surface area (Å²) in [5, 5.41) is 45.6. The van der Waals surface area contributed by atoms with Crippen LogP contribution in [0, 0.1) is 11.3 Å². The SMILES string of the molecule is N#CCC[C@H]1O[C@H](CO)[C@@H](O)[C@H](O)[C@@H]1O. The molecule has 0 unspecified atom stereocenters. The Hall–Kier alpha value is -0.710. The summed E-state index contributed by atoms with van der Waals surface area (Å²) in [5.74, 6) is 0. The molecule has 0 aromatic heterocycles. The van der Waals surface area contributed by atoms with Gasteiger partial charge in [0.05, 0.1) is 18.8 Å². The summed E-state index contributed by atoms with van der Waals surface area (Å²) in [6.45, 7) is -0.437. The fourth-order valence-electron chi connectivity index (χ4n) is 1.62. The Morgan fingerprint density at radius 1 is 1.07 bits per heavy atom. The molecule has 0 bridgehead atoms. The van der Waals surface area contributed by atoms with Crippen LogP contribution in [-0.2, 0) is 4.74 Å². The summed E-state index contributed by atoms with van der Waals surface area (Å²) in [7, 11) is 0. The molecule has 0 aromatic rings. The van der Waals surface area contributed by atoms with E-state index in [-0.39, 0.29) is 12.8 Å². The largest absolute Gasteiger partial charge is 0.394 e. The third-order valence-electron chi connectivity index (χ3n) is 2.53. The van der Waals surface area contributed by atoms with E-state index in [4.69, 9.17) is 15.1 Å². The number of aliphatic hydroxyl groups excluding tert-OH is 4. The van der Waals surface area contributed by atoms with E-state index in [9.17, 15) is 15.3 Å². The number of hydrogen-bond acceptors (Lipinski definition) is 6. The van der Waals surface area contributed by atoms with Crippen molar-refractivity contribution in [1.29, 1.82) is 5.26 Å². The topological polar surface area (TPSA) is 114 Å². The molecule has 5 atom stereocenters. The predicted molar refractivity (Wildman–Crippen MR) is 48.6 cm³/mol. The van der Waals surface area contributed by atoms with E-state index >= 15 is 0 Å². The van der Waals surface area contributed by atoms with Crippen molar-refractivity contribution in [3.05, 3.63) is 0 Å². The first-order chi connectivity index (χ1) is 7.11. The highest BCUT2D eigenvalue weighted by Crippen LogP contribution is 2.23. The Morgan fingerprint density at radius 3 is 2.20 bits per heavy atom. The molecule has 1 rings (SSSR count). The molecule has 0 saturated carbocycles. The Morgan fingerprint density at radius 2 is 1.67 bits per heavy atom. The lowest BCUT2D eigenvalue weighted by molar-refractivity contribution is -0.230. The van der Waals surface area contributed by atoms with Gasteiger partial charge >= 0.3 is 0 Å². The third kappa shape index (κ3) is 2.65. The molecular weight excluding hydrogens is 202 g/mol. The first-order valence-electron chi connectivity index (χ1n) is 4.79. The van der Waals surface area contributed by atoms with Gasteiger partial charge in [-0.25, -0.2) is 0 Å². The Balaban J connectivity index is 2.62. The van der Waals surface area contributed by atoms with Crippen LogP contribution in [0.5, 0.6) is 0 Å². The van der Waals surface area contributed by atoms with E-state index in [0.717, 1.165) is 0 Å². The van der Waals surface area contributed by atoms with Gasteiger partial charge in [0.2, 0.25) is 0 Å². The van der Waals surface area contributed by atoms with Gasteiger partial charge in [0.1, 0.15) is 24.4 Å². The summed E-state index contributed by atoms with van der Waals surface area (Å²) in [4.78, 5) is 0. The molecule has 0 amide bonds. The molecule has 4 N–H and O–H groups in total. The molecule has 15 heavy (non-hydrogen) atoms. The van der Waals surface area contributed by atoms with Crippen molar-refractivity contribution in [3.8, 4) is 6.07 Å². The summed E-state index contributed by atoms with van der Waals surface area (Å²) < 4.78 is 5.17. The van der Waals surface area contributed by atoms with Gasteiger partial charge in [-0.15, -0.1) is 0 Å². The summed E-state index contributed by atoms with van der Waals surface area (Å²) in [6, 6.07) is 1.90. The Kier molecular flexibility index (Phi) is 4.45. The number of hydrogen-bond donors (Lipinski definition) is 4. The van der Waals surface area contributed by atoms with E-state index in [1.165, 1.54) is 0 Å². The van der Waals surface area contributed by atoms with Crippen molar-refractivity contribution in [2.24, 2.45) is 0 Å². The minimum absolute atomic E-state index is 0.183. The molecule has 1 aliphatic heterocycles. The number of nitriles is 1. The first kappa shape index (κ1) is 12.4. The van der Waals surface area contributed by atoms with Gasteiger partial charge in [0.15, 0.2) is 0 Å². The fourth-order valence-corrected chi connectivity index (χ4v) is 1.62. The lowest BCUT2D eigenvalue weighted by Crippen LogP contribution is -2.58. The molecule has 86 valence electrons. The molecule has 1 saturated heterocycles. The minimum Gasteiger partial charge on any atom is -0.394 e. The highest BCUT2D eigenvalue weighted by Gasteiger charge is 2.42. The van der Waals surface area contributed by atoms with Crippen LogP contribution in [0.15, 0.2) is 0 Å². The molecule has 0 radical (unpaired) electrons. The average Bonchev–Trinajstić information content (AvgIpc) is 2.25. The first-order valence-corrected chi connectivity index (χ1v) is 4.79. The third-order valence-corrected chi connectivity index (χ3v) is 2.53. The van der Waals surface area contributed by atoms with Gasteiger partial charge < -0.3 is 25.2 Å². The second-order valence-electron chi connectivity index (χ2n) is 3.56. The molecule has 1 aliphatic rings. The molecular formula is C9H15NO5. The lowest BCUT2D eigenvalue weighted by Gasteiger charge is -2.39. The van der Waals surface area contributed by atoms with Crippen molar-refractivity contribution in [2.45, 2.75) is 43.4 Å². The van der Waals surface area contributed by atoms with Gasteiger partial charge in [-0.05, 0) is 6.42 Å². The van der Waals surface area contributed by atoms with Gasteiger partial charge in [0, 0.05) is 6.42 Å². The number of nitrogens with zero attached hydrogens (tertiary/aromatic N) is 1. The molecule has 6 nitrogen and oxygen atoms in total. The van der Waals surface area contributed by atoms with Gasteiger partial charge in [-0.2, -0.15) is 5.26 Å². The average molecular weight is 217 g/mol. The summed E-state index contributed by atoms with van der Waals surface area (Å²) in [6.07, 6.45) is -5.06.